The molecule has 6 heteroatoms. The van der Waals surface area contributed by atoms with Crippen LogP contribution in [0.1, 0.15) is 32.6 Å². The molecule has 0 radical (unpaired) electrons. The van der Waals surface area contributed by atoms with Crippen LogP contribution in [-0.2, 0) is 9.59 Å². The standard InChI is InChI=1S/C20H29N3O3/c1-15(24)21-19(16-7-3-4-8-16)20(25)23-13-11-22(12-14-23)17-9-5-6-10-18(17)26-2/h5-6,9-10,16,19H,3-4,7-8,11-14H2,1-2H3,(H,21,24). The summed E-state index contributed by atoms with van der Waals surface area (Å²) in [6.07, 6.45) is 4.35. The Kier molecular flexibility index (Phi) is 6.01. The Morgan fingerprint density at radius 1 is 1.12 bits per heavy atom. The van der Waals surface area contributed by atoms with Gasteiger partial charge in [-0.25, -0.2) is 0 Å². The summed E-state index contributed by atoms with van der Waals surface area (Å²) >= 11 is 0. The van der Waals surface area contributed by atoms with Crippen molar-refractivity contribution in [3.8, 4) is 5.75 Å². The van der Waals surface area contributed by atoms with E-state index in [4.69, 9.17) is 4.74 Å². The maximum atomic E-state index is 13.1. The van der Waals surface area contributed by atoms with Crippen LogP contribution in [0, 0.1) is 5.92 Å². The summed E-state index contributed by atoms with van der Waals surface area (Å²) in [4.78, 5) is 28.8. The Bertz CT molecular complexity index is 635. The van der Waals surface area contributed by atoms with E-state index < -0.39 is 0 Å². The number of hydrogen-bond donors (Lipinski definition) is 1. The molecule has 1 aromatic carbocycles. The number of para-hydroxylation sites is 2. The summed E-state index contributed by atoms with van der Waals surface area (Å²) in [5.41, 5.74) is 1.07. The second-order valence-corrected chi connectivity index (χ2v) is 7.21. The third-order valence-corrected chi connectivity index (χ3v) is 5.51. The Morgan fingerprint density at radius 3 is 2.38 bits per heavy atom. The number of ether oxygens (including phenoxy) is 1. The van der Waals surface area contributed by atoms with Crippen molar-refractivity contribution in [3.63, 3.8) is 0 Å². The highest BCUT2D eigenvalue weighted by Crippen LogP contribution is 2.30. The second-order valence-electron chi connectivity index (χ2n) is 7.21. The van der Waals surface area contributed by atoms with Gasteiger partial charge in [0.05, 0.1) is 12.8 Å². The van der Waals surface area contributed by atoms with Crippen LogP contribution in [0.4, 0.5) is 5.69 Å². The van der Waals surface area contributed by atoms with Gasteiger partial charge in [-0.2, -0.15) is 0 Å². The molecule has 26 heavy (non-hydrogen) atoms. The largest absolute Gasteiger partial charge is 0.495 e. The zero-order valence-corrected chi connectivity index (χ0v) is 15.7. The highest BCUT2D eigenvalue weighted by molar-refractivity contribution is 5.87. The lowest BCUT2D eigenvalue weighted by Gasteiger charge is -2.39. The molecular formula is C20H29N3O3. The smallest absolute Gasteiger partial charge is 0.245 e. The van der Waals surface area contributed by atoms with E-state index in [1.54, 1.807) is 7.11 Å². The number of nitrogens with one attached hydrogen (secondary N) is 1. The van der Waals surface area contributed by atoms with Crippen molar-refractivity contribution >= 4 is 17.5 Å². The first-order valence-corrected chi connectivity index (χ1v) is 9.54. The number of piperazine rings is 1. The van der Waals surface area contributed by atoms with Gasteiger partial charge in [-0.1, -0.05) is 25.0 Å². The van der Waals surface area contributed by atoms with Crippen molar-refractivity contribution in [2.75, 3.05) is 38.2 Å². The number of amides is 2. The van der Waals surface area contributed by atoms with Crippen LogP contribution in [0.25, 0.3) is 0 Å². The second kappa shape index (κ2) is 8.43. The molecule has 2 aliphatic rings. The van der Waals surface area contributed by atoms with Crippen molar-refractivity contribution < 1.29 is 14.3 Å². The van der Waals surface area contributed by atoms with Gasteiger partial charge in [0.15, 0.2) is 0 Å². The normalized spacial score (nSPS) is 19.3. The van der Waals surface area contributed by atoms with E-state index in [-0.39, 0.29) is 23.8 Å². The minimum atomic E-state index is -0.368. The van der Waals surface area contributed by atoms with Crippen molar-refractivity contribution in [1.29, 1.82) is 0 Å². The van der Waals surface area contributed by atoms with Gasteiger partial charge in [-0.15, -0.1) is 0 Å². The summed E-state index contributed by atoms with van der Waals surface area (Å²) in [6.45, 7) is 4.36. The van der Waals surface area contributed by atoms with E-state index in [2.05, 4.69) is 16.3 Å². The third-order valence-electron chi connectivity index (χ3n) is 5.51. The summed E-state index contributed by atoms with van der Waals surface area (Å²) in [7, 11) is 1.68. The molecule has 0 bridgehead atoms. The van der Waals surface area contributed by atoms with Gasteiger partial charge in [0.25, 0.3) is 0 Å². The first-order chi connectivity index (χ1) is 12.6. The Hall–Kier alpha value is -2.24. The summed E-state index contributed by atoms with van der Waals surface area (Å²) in [5.74, 6) is 1.09. The molecule has 0 spiro atoms. The number of benzene rings is 1. The molecule has 0 aromatic heterocycles. The number of carbonyl (C=O) groups excluding carboxylic acids is 2. The molecule has 2 fully saturated rings. The van der Waals surface area contributed by atoms with Crippen molar-refractivity contribution in [2.24, 2.45) is 5.92 Å². The van der Waals surface area contributed by atoms with Crippen LogP contribution in [0.15, 0.2) is 24.3 Å². The third kappa shape index (κ3) is 4.11. The van der Waals surface area contributed by atoms with Crippen LogP contribution < -0.4 is 15.0 Å². The SMILES string of the molecule is COc1ccccc1N1CCN(C(=O)C(NC(C)=O)C2CCCC2)CC1. The van der Waals surface area contributed by atoms with Crippen molar-refractivity contribution in [2.45, 2.75) is 38.6 Å². The van der Waals surface area contributed by atoms with E-state index in [9.17, 15) is 9.59 Å². The fourth-order valence-corrected chi connectivity index (χ4v) is 4.15. The van der Waals surface area contributed by atoms with E-state index in [0.717, 1.165) is 50.2 Å². The maximum Gasteiger partial charge on any atom is 0.245 e. The summed E-state index contributed by atoms with van der Waals surface area (Å²) < 4.78 is 5.45. The maximum absolute atomic E-state index is 13.1. The predicted octanol–water partition coefficient (Wildman–Crippen LogP) is 2.04. The fraction of sp³-hybridized carbons (Fsp3) is 0.600. The number of nitrogens with zero attached hydrogens (tertiary/aromatic N) is 2. The lowest BCUT2D eigenvalue weighted by molar-refractivity contribution is -0.137. The lowest BCUT2D eigenvalue weighted by Crippen LogP contribution is -2.56. The molecule has 1 N–H and O–H groups in total. The Morgan fingerprint density at radius 2 is 1.77 bits per heavy atom. The van der Waals surface area contributed by atoms with Gasteiger partial charge in [0, 0.05) is 33.1 Å². The molecule has 1 aliphatic heterocycles. The monoisotopic (exact) mass is 359 g/mol. The zero-order chi connectivity index (χ0) is 18.5. The molecule has 1 saturated carbocycles. The highest BCUT2D eigenvalue weighted by Gasteiger charge is 2.35. The van der Waals surface area contributed by atoms with Gasteiger partial charge in [-0.05, 0) is 30.9 Å². The minimum Gasteiger partial charge on any atom is -0.495 e. The molecule has 1 heterocycles. The topological polar surface area (TPSA) is 61.9 Å². The van der Waals surface area contributed by atoms with E-state index in [1.165, 1.54) is 6.92 Å². The fourth-order valence-electron chi connectivity index (χ4n) is 4.15. The Labute approximate surface area is 155 Å². The van der Waals surface area contributed by atoms with Gasteiger partial charge in [0.2, 0.25) is 11.8 Å². The van der Waals surface area contributed by atoms with Crippen molar-refractivity contribution in [3.05, 3.63) is 24.3 Å². The molecule has 1 unspecified atom stereocenters. The quantitative estimate of drug-likeness (QED) is 0.874. The number of hydrogen-bond acceptors (Lipinski definition) is 4. The molecule has 6 nitrogen and oxygen atoms in total. The summed E-state index contributed by atoms with van der Waals surface area (Å²) in [6, 6.07) is 7.60. The predicted molar refractivity (Wildman–Crippen MR) is 101 cm³/mol. The average molecular weight is 359 g/mol. The highest BCUT2D eigenvalue weighted by atomic mass is 16.5. The van der Waals surface area contributed by atoms with Crippen LogP contribution in [0.2, 0.25) is 0 Å². The minimum absolute atomic E-state index is 0.0757. The number of carbonyl (C=O) groups is 2. The van der Waals surface area contributed by atoms with Crippen LogP contribution in [0.3, 0.4) is 0 Å². The molecule has 1 atom stereocenters. The first-order valence-electron chi connectivity index (χ1n) is 9.54. The van der Waals surface area contributed by atoms with Gasteiger partial charge < -0.3 is 19.9 Å². The van der Waals surface area contributed by atoms with Crippen LogP contribution >= 0.6 is 0 Å². The van der Waals surface area contributed by atoms with E-state index >= 15 is 0 Å². The van der Waals surface area contributed by atoms with Crippen molar-refractivity contribution in [1.82, 2.24) is 10.2 Å². The molecule has 1 aromatic rings. The number of anilines is 1. The molecule has 142 valence electrons. The molecule has 1 aliphatic carbocycles. The Balaban J connectivity index is 1.64. The summed E-state index contributed by atoms with van der Waals surface area (Å²) in [5, 5.41) is 2.92. The molecular weight excluding hydrogens is 330 g/mol. The van der Waals surface area contributed by atoms with Gasteiger partial charge in [-0.3, -0.25) is 9.59 Å². The van der Waals surface area contributed by atoms with E-state index in [1.807, 2.05) is 23.1 Å². The van der Waals surface area contributed by atoms with Gasteiger partial charge >= 0.3 is 0 Å². The average Bonchev–Trinajstić information content (AvgIpc) is 3.20. The van der Waals surface area contributed by atoms with E-state index in [0.29, 0.717) is 13.1 Å². The molecule has 1 saturated heterocycles. The molecule has 2 amide bonds. The number of methoxy groups -OCH3 is 1. The van der Waals surface area contributed by atoms with Crippen LogP contribution in [0.5, 0.6) is 5.75 Å². The van der Waals surface area contributed by atoms with Crippen LogP contribution in [-0.4, -0.2) is 56.0 Å². The lowest BCUT2D eigenvalue weighted by atomic mass is 9.96. The van der Waals surface area contributed by atoms with Gasteiger partial charge in [0.1, 0.15) is 11.8 Å². The number of rotatable bonds is 5. The zero-order valence-electron chi connectivity index (χ0n) is 15.7. The molecule has 3 rings (SSSR count). The first kappa shape index (κ1) is 18.5.